The molecule has 0 aromatic heterocycles. The van der Waals surface area contributed by atoms with Crippen LogP contribution in [-0.2, 0) is 0 Å². The molecule has 1 rings (SSSR count). The summed E-state index contributed by atoms with van der Waals surface area (Å²) in [4.78, 5) is 0. The van der Waals surface area contributed by atoms with E-state index in [9.17, 15) is 0 Å². The molecule has 0 amide bonds. The van der Waals surface area contributed by atoms with Crippen LogP contribution in [0.1, 0.15) is 20.8 Å². The third-order valence-electron chi connectivity index (χ3n) is 1.29. The standard InChI is InChI=1S/C8H12N2.C2H6/c1-2-10-8-5-3-7(9)4-6-8;1-2/h3-6,10H,2,9H2,1H3;1-2H3. The Balaban J connectivity index is 0.000000561. The summed E-state index contributed by atoms with van der Waals surface area (Å²) in [5, 5.41) is 3.18. The number of benzene rings is 1. The van der Waals surface area contributed by atoms with Gasteiger partial charge in [-0.3, -0.25) is 0 Å². The fraction of sp³-hybridized carbons (Fsp3) is 0.400. The predicted octanol–water partition coefficient (Wildman–Crippen LogP) is 2.73. The lowest BCUT2D eigenvalue weighted by Gasteiger charge is -2.01. The van der Waals surface area contributed by atoms with Crippen molar-refractivity contribution in [1.82, 2.24) is 0 Å². The van der Waals surface area contributed by atoms with Crippen LogP contribution in [0.3, 0.4) is 0 Å². The first-order chi connectivity index (χ1) is 5.83. The largest absolute Gasteiger partial charge is 0.399 e. The lowest BCUT2D eigenvalue weighted by molar-refractivity contribution is 1.21. The number of nitrogen functional groups attached to an aromatic ring is 1. The van der Waals surface area contributed by atoms with Gasteiger partial charge >= 0.3 is 0 Å². The zero-order valence-corrected chi connectivity index (χ0v) is 8.09. The summed E-state index contributed by atoms with van der Waals surface area (Å²) in [6.07, 6.45) is 0. The molecule has 0 heterocycles. The Kier molecular flexibility index (Phi) is 5.88. The molecule has 0 bridgehead atoms. The van der Waals surface area contributed by atoms with Crippen molar-refractivity contribution in [3.05, 3.63) is 24.3 Å². The number of hydrogen-bond donors (Lipinski definition) is 2. The molecule has 0 saturated carbocycles. The highest BCUT2D eigenvalue weighted by atomic mass is 14.8. The van der Waals surface area contributed by atoms with Crippen LogP contribution in [-0.4, -0.2) is 6.54 Å². The van der Waals surface area contributed by atoms with Crippen LogP contribution in [0.4, 0.5) is 11.4 Å². The van der Waals surface area contributed by atoms with Crippen LogP contribution in [0.5, 0.6) is 0 Å². The monoisotopic (exact) mass is 166 g/mol. The minimum Gasteiger partial charge on any atom is -0.399 e. The van der Waals surface area contributed by atoms with E-state index >= 15 is 0 Å². The van der Waals surface area contributed by atoms with Crippen LogP contribution in [0.15, 0.2) is 24.3 Å². The normalized spacial score (nSPS) is 8.25. The highest BCUT2D eigenvalue weighted by molar-refractivity contribution is 5.50. The summed E-state index contributed by atoms with van der Waals surface area (Å²) in [6, 6.07) is 7.72. The Labute approximate surface area is 74.8 Å². The van der Waals surface area contributed by atoms with Crippen molar-refractivity contribution in [1.29, 1.82) is 0 Å². The van der Waals surface area contributed by atoms with Gasteiger partial charge in [-0.1, -0.05) is 13.8 Å². The number of nitrogens with two attached hydrogens (primary N) is 1. The second-order valence-electron chi connectivity index (χ2n) is 2.15. The van der Waals surface area contributed by atoms with E-state index < -0.39 is 0 Å². The molecule has 1 aromatic rings. The maximum Gasteiger partial charge on any atom is 0.0341 e. The molecule has 0 aliphatic heterocycles. The van der Waals surface area contributed by atoms with E-state index in [1.54, 1.807) is 0 Å². The average Bonchev–Trinajstić information content (AvgIpc) is 2.13. The molecule has 0 fully saturated rings. The van der Waals surface area contributed by atoms with Gasteiger partial charge in [-0.05, 0) is 31.2 Å². The van der Waals surface area contributed by atoms with Gasteiger partial charge in [-0.25, -0.2) is 0 Å². The van der Waals surface area contributed by atoms with E-state index in [-0.39, 0.29) is 0 Å². The fourth-order valence-corrected chi connectivity index (χ4v) is 0.805. The highest BCUT2D eigenvalue weighted by Crippen LogP contribution is 2.09. The lowest BCUT2D eigenvalue weighted by atomic mass is 10.3. The summed E-state index contributed by atoms with van der Waals surface area (Å²) in [6.45, 7) is 7.01. The van der Waals surface area contributed by atoms with Crippen molar-refractivity contribution in [2.75, 3.05) is 17.6 Å². The first-order valence-electron chi connectivity index (χ1n) is 4.42. The first kappa shape index (κ1) is 10.8. The van der Waals surface area contributed by atoms with Gasteiger partial charge in [-0.15, -0.1) is 0 Å². The molecule has 12 heavy (non-hydrogen) atoms. The quantitative estimate of drug-likeness (QED) is 0.663. The van der Waals surface area contributed by atoms with Crippen LogP contribution in [0, 0.1) is 0 Å². The smallest absolute Gasteiger partial charge is 0.0341 e. The summed E-state index contributed by atoms with van der Waals surface area (Å²) in [7, 11) is 0. The molecule has 1 aromatic carbocycles. The molecule has 0 radical (unpaired) electrons. The Morgan fingerprint density at radius 1 is 1.17 bits per heavy atom. The highest BCUT2D eigenvalue weighted by Gasteiger charge is 1.86. The molecule has 0 aliphatic carbocycles. The Morgan fingerprint density at radius 3 is 2.08 bits per heavy atom. The van der Waals surface area contributed by atoms with Gasteiger partial charge < -0.3 is 11.1 Å². The third kappa shape index (κ3) is 3.86. The summed E-state index contributed by atoms with van der Waals surface area (Å²) in [5.41, 5.74) is 7.42. The van der Waals surface area contributed by atoms with Gasteiger partial charge in [0.2, 0.25) is 0 Å². The maximum atomic E-state index is 5.50. The Bertz CT molecular complexity index is 191. The van der Waals surface area contributed by atoms with Gasteiger partial charge in [0.1, 0.15) is 0 Å². The minimum atomic E-state index is 0.807. The van der Waals surface area contributed by atoms with E-state index in [1.807, 2.05) is 38.1 Å². The zero-order valence-electron chi connectivity index (χ0n) is 8.09. The van der Waals surface area contributed by atoms with Crippen LogP contribution >= 0.6 is 0 Å². The summed E-state index contributed by atoms with van der Waals surface area (Å²) < 4.78 is 0. The van der Waals surface area contributed by atoms with Crippen molar-refractivity contribution < 1.29 is 0 Å². The molecule has 2 nitrogen and oxygen atoms in total. The molecular weight excluding hydrogens is 148 g/mol. The van der Waals surface area contributed by atoms with Crippen molar-refractivity contribution in [3.63, 3.8) is 0 Å². The second-order valence-corrected chi connectivity index (χ2v) is 2.15. The van der Waals surface area contributed by atoms with E-state index in [1.165, 1.54) is 0 Å². The molecular formula is C10H18N2. The van der Waals surface area contributed by atoms with Crippen LogP contribution < -0.4 is 11.1 Å². The average molecular weight is 166 g/mol. The number of anilines is 2. The molecule has 0 saturated heterocycles. The number of hydrogen-bond acceptors (Lipinski definition) is 2. The third-order valence-corrected chi connectivity index (χ3v) is 1.29. The van der Waals surface area contributed by atoms with E-state index in [2.05, 4.69) is 12.2 Å². The van der Waals surface area contributed by atoms with Gasteiger partial charge in [-0.2, -0.15) is 0 Å². The van der Waals surface area contributed by atoms with Crippen molar-refractivity contribution in [3.8, 4) is 0 Å². The van der Waals surface area contributed by atoms with Crippen molar-refractivity contribution in [2.24, 2.45) is 0 Å². The molecule has 3 N–H and O–H groups in total. The molecule has 0 unspecified atom stereocenters. The predicted molar refractivity (Wildman–Crippen MR) is 56.4 cm³/mol. The Morgan fingerprint density at radius 2 is 1.67 bits per heavy atom. The van der Waals surface area contributed by atoms with Crippen molar-refractivity contribution >= 4 is 11.4 Å². The SMILES string of the molecule is CC.CCNc1ccc(N)cc1. The number of rotatable bonds is 2. The van der Waals surface area contributed by atoms with E-state index in [0.717, 1.165) is 17.9 Å². The minimum absolute atomic E-state index is 0.807. The van der Waals surface area contributed by atoms with Gasteiger partial charge in [0, 0.05) is 17.9 Å². The van der Waals surface area contributed by atoms with Crippen LogP contribution in [0.25, 0.3) is 0 Å². The van der Waals surface area contributed by atoms with Gasteiger partial charge in [0.15, 0.2) is 0 Å². The molecule has 0 spiro atoms. The zero-order chi connectivity index (χ0) is 9.40. The van der Waals surface area contributed by atoms with Crippen LogP contribution in [0.2, 0.25) is 0 Å². The lowest BCUT2D eigenvalue weighted by Crippen LogP contribution is -1.95. The number of nitrogens with one attached hydrogen (secondary N) is 1. The maximum absolute atomic E-state index is 5.50. The molecule has 0 aliphatic rings. The first-order valence-corrected chi connectivity index (χ1v) is 4.42. The summed E-state index contributed by atoms with van der Waals surface area (Å²) >= 11 is 0. The molecule has 2 heteroatoms. The molecule has 0 atom stereocenters. The van der Waals surface area contributed by atoms with E-state index in [0.29, 0.717) is 0 Å². The Hall–Kier alpha value is -1.18. The fourth-order valence-electron chi connectivity index (χ4n) is 0.805. The van der Waals surface area contributed by atoms with Gasteiger partial charge in [0.05, 0.1) is 0 Å². The van der Waals surface area contributed by atoms with Crippen molar-refractivity contribution in [2.45, 2.75) is 20.8 Å². The second kappa shape index (κ2) is 6.53. The van der Waals surface area contributed by atoms with E-state index in [4.69, 9.17) is 5.73 Å². The topological polar surface area (TPSA) is 38.0 Å². The van der Waals surface area contributed by atoms with Gasteiger partial charge in [0.25, 0.3) is 0 Å². The molecule has 68 valence electrons. The summed E-state index contributed by atoms with van der Waals surface area (Å²) in [5.74, 6) is 0.